The molecule has 3 aliphatic carbocycles. The smallest absolute Gasteiger partial charge is 0.0509 e. The Morgan fingerprint density at radius 1 is 1.12 bits per heavy atom. The molecular formula is C15H25NO. The lowest BCUT2D eigenvalue weighted by Crippen LogP contribution is -2.41. The van der Waals surface area contributed by atoms with E-state index in [-0.39, 0.29) is 0 Å². The van der Waals surface area contributed by atoms with Crippen LogP contribution in [0.5, 0.6) is 0 Å². The number of fused-ring (bicyclic) bond motifs is 5. The molecule has 1 saturated heterocycles. The van der Waals surface area contributed by atoms with Crippen molar-refractivity contribution in [2.24, 2.45) is 35.5 Å². The zero-order chi connectivity index (χ0) is 11.4. The molecule has 0 aromatic heterocycles. The first-order chi connectivity index (χ1) is 8.40. The van der Waals surface area contributed by atoms with Crippen LogP contribution in [0.4, 0.5) is 0 Å². The molecule has 17 heavy (non-hydrogen) atoms. The summed E-state index contributed by atoms with van der Waals surface area (Å²) >= 11 is 0. The molecule has 6 unspecified atom stereocenters. The van der Waals surface area contributed by atoms with Crippen molar-refractivity contribution in [1.82, 2.24) is 5.32 Å². The summed E-state index contributed by atoms with van der Waals surface area (Å²) in [7, 11) is 2.18. The quantitative estimate of drug-likeness (QED) is 0.810. The fourth-order valence-electron chi connectivity index (χ4n) is 5.66. The van der Waals surface area contributed by atoms with Gasteiger partial charge in [-0.1, -0.05) is 0 Å². The average Bonchev–Trinajstić information content (AvgIpc) is 2.81. The lowest BCUT2D eigenvalue weighted by atomic mass is 9.86. The van der Waals surface area contributed by atoms with Crippen LogP contribution >= 0.6 is 0 Å². The Morgan fingerprint density at radius 2 is 1.88 bits per heavy atom. The molecular weight excluding hydrogens is 210 g/mol. The van der Waals surface area contributed by atoms with Gasteiger partial charge >= 0.3 is 0 Å². The standard InChI is InChI=1S/C15H25NO/c1-16-15(11-3-2-6-17-8-11)14-12-9-4-5-10(7-9)13(12)14/h9-16H,2-8H2,1H3. The Morgan fingerprint density at radius 3 is 2.47 bits per heavy atom. The largest absolute Gasteiger partial charge is 0.381 e. The monoisotopic (exact) mass is 235 g/mol. The van der Waals surface area contributed by atoms with Crippen LogP contribution in [0.1, 0.15) is 32.1 Å². The van der Waals surface area contributed by atoms with E-state index in [1.54, 1.807) is 19.3 Å². The minimum Gasteiger partial charge on any atom is -0.381 e. The predicted molar refractivity (Wildman–Crippen MR) is 67.7 cm³/mol. The van der Waals surface area contributed by atoms with E-state index in [1.165, 1.54) is 12.8 Å². The maximum atomic E-state index is 5.69. The molecule has 0 aromatic rings. The summed E-state index contributed by atoms with van der Waals surface area (Å²) in [4.78, 5) is 0. The van der Waals surface area contributed by atoms with E-state index in [0.29, 0.717) is 0 Å². The first kappa shape index (κ1) is 10.8. The van der Waals surface area contributed by atoms with Gasteiger partial charge in [0.1, 0.15) is 0 Å². The molecule has 2 heteroatoms. The molecule has 96 valence electrons. The summed E-state index contributed by atoms with van der Waals surface area (Å²) in [5, 5.41) is 3.65. The molecule has 4 fully saturated rings. The lowest BCUT2D eigenvalue weighted by Gasteiger charge is -2.31. The minimum absolute atomic E-state index is 0.758. The fraction of sp³-hybridized carbons (Fsp3) is 1.00. The maximum absolute atomic E-state index is 5.69. The van der Waals surface area contributed by atoms with Crippen molar-refractivity contribution in [3.63, 3.8) is 0 Å². The highest BCUT2D eigenvalue weighted by atomic mass is 16.5. The summed E-state index contributed by atoms with van der Waals surface area (Å²) in [6.45, 7) is 2.01. The van der Waals surface area contributed by atoms with Crippen LogP contribution in [0, 0.1) is 35.5 Å². The van der Waals surface area contributed by atoms with Gasteiger partial charge in [0.15, 0.2) is 0 Å². The Labute approximate surface area is 104 Å². The number of rotatable bonds is 3. The van der Waals surface area contributed by atoms with Gasteiger partial charge in [-0.3, -0.25) is 0 Å². The van der Waals surface area contributed by atoms with Crippen LogP contribution in [0.3, 0.4) is 0 Å². The number of nitrogens with one attached hydrogen (secondary N) is 1. The van der Waals surface area contributed by atoms with Crippen LogP contribution in [-0.4, -0.2) is 26.3 Å². The van der Waals surface area contributed by atoms with Crippen molar-refractivity contribution < 1.29 is 4.74 Å². The number of hydrogen-bond acceptors (Lipinski definition) is 2. The fourth-order valence-corrected chi connectivity index (χ4v) is 5.66. The van der Waals surface area contributed by atoms with Gasteiger partial charge in [-0.25, -0.2) is 0 Å². The highest BCUT2D eigenvalue weighted by molar-refractivity contribution is 5.16. The van der Waals surface area contributed by atoms with Crippen LogP contribution < -0.4 is 5.32 Å². The Kier molecular flexibility index (Phi) is 2.52. The van der Waals surface area contributed by atoms with E-state index in [0.717, 1.165) is 54.8 Å². The van der Waals surface area contributed by atoms with Crippen LogP contribution in [0.2, 0.25) is 0 Å². The van der Waals surface area contributed by atoms with Crippen molar-refractivity contribution in [2.45, 2.75) is 38.1 Å². The highest BCUT2D eigenvalue weighted by Gasteiger charge is 2.67. The van der Waals surface area contributed by atoms with E-state index in [2.05, 4.69) is 12.4 Å². The zero-order valence-electron chi connectivity index (χ0n) is 10.9. The molecule has 0 spiro atoms. The van der Waals surface area contributed by atoms with Crippen molar-refractivity contribution in [3.8, 4) is 0 Å². The van der Waals surface area contributed by atoms with Crippen LogP contribution in [0.25, 0.3) is 0 Å². The Bertz CT molecular complexity index is 283. The summed E-state index contributed by atoms with van der Waals surface area (Å²) in [5.41, 5.74) is 0. The molecule has 1 heterocycles. The first-order valence-electron chi connectivity index (χ1n) is 7.65. The molecule has 3 saturated carbocycles. The summed E-state index contributed by atoms with van der Waals surface area (Å²) < 4.78 is 5.69. The maximum Gasteiger partial charge on any atom is 0.0509 e. The van der Waals surface area contributed by atoms with E-state index in [1.807, 2.05) is 0 Å². The van der Waals surface area contributed by atoms with Crippen molar-refractivity contribution >= 4 is 0 Å². The molecule has 2 bridgehead atoms. The number of ether oxygens (including phenoxy) is 1. The van der Waals surface area contributed by atoms with Gasteiger partial charge < -0.3 is 10.1 Å². The van der Waals surface area contributed by atoms with Gasteiger partial charge in [0.2, 0.25) is 0 Å². The molecule has 6 atom stereocenters. The highest BCUT2D eigenvalue weighted by Crippen LogP contribution is 2.70. The summed E-state index contributed by atoms with van der Waals surface area (Å²) in [5.74, 6) is 6.23. The normalized spacial score (nSPS) is 53.5. The van der Waals surface area contributed by atoms with Gasteiger partial charge in [0.25, 0.3) is 0 Å². The SMILES string of the molecule is CNC(C1CCCOC1)C1C2C3CCC(C3)C21. The molecule has 1 aliphatic heterocycles. The molecule has 0 aromatic carbocycles. The molecule has 1 N–H and O–H groups in total. The molecule has 0 amide bonds. The lowest BCUT2D eigenvalue weighted by molar-refractivity contribution is 0.0340. The van der Waals surface area contributed by atoms with E-state index >= 15 is 0 Å². The third kappa shape index (κ3) is 1.53. The number of hydrogen-bond donors (Lipinski definition) is 1. The van der Waals surface area contributed by atoms with Gasteiger partial charge in [-0.15, -0.1) is 0 Å². The van der Waals surface area contributed by atoms with Crippen molar-refractivity contribution in [3.05, 3.63) is 0 Å². The second kappa shape index (κ2) is 3.96. The topological polar surface area (TPSA) is 21.3 Å². The Hall–Kier alpha value is -0.0800. The summed E-state index contributed by atoms with van der Waals surface area (Å²) in [6, 6.07) is 0.758. The zero-order valence-corrected chi connectivity index (χ0v) is 10.9. The molecule has 0 radical (unpaired) electrons. The van der Waals surface area contributed by atoms with E-state index < -0.39 is 0 Å². The van der Waals surface area contributed by atoms with Gasteiger partial charge in [0.05, 0.1) is 6.61 Å². The van der Waals surface area contributed by atoms with Crippen LogP contribution in [-0.2, 0) is 4.74 Å². The van der Waals surface area contributed by atoms with E-state index in [4.69, 9.17) is 4.74 Å². The molecule has 2 nitrogen and oxygen atoms in total. The average molecular weight is 235 g/mol. The van der Waals surface area contributed by atoms with Gasteiger partial charge in [-0.05, 0) is 74.7 Å². The second-order valence-corrected chi connectivity index (χ2v) is 6.86. The first-order valence-corrected chi connectivity index (χ1v) is 7.65. The second-order valence-electron chi connectivity index (χ2n) is 6.86. The third-order valence-electron chi connectivity index (χ3n) is 6.25. The molecule has 4 rings (SSSR count). The van der Waals surface area contributed by atoms with Crippen molar-refractivity contribution in [1.29, 1.82) is 0 Å². The third-order valence-corrected chi connectivity index (χ3v) is 6.25. The van der Waals surface area contributed by atoms with Crippen LogP contribution in [0.15, 0.2) is 0 Å². The van der Waals surface area contributed by atoms with Crippen molar-refractivity contribution in [2.75, 3.05) is 20.3 Å². The van der Waals surface area contributed by atoms with E-state index in [9.17, 15) is 0 Å². The molecule has 4 aliphatic rings. The Balaban J connectivity index is 1.47. The van der Waals surface area contributed by atoms with Gasteiger partial charge in [0, 0.05) is 12.6 Å². The minimum atomic E-state index is 0.758. The summed E-state index contributed by atoms with van der Waals surface area (Å²) in [6.07, 6.45) is 7.32. The van der Waals surface area contributed by atoms with Gasteiger partial charge in [-0.2, -0.15) is 0 Å². The predicted octanol–water partition coefficient (Wildman–Crippen LogP) is 2.29.